The Morgan fingerprint density at radius 3 is 2.48 bits per heavy atom. The molecule has 0 aromatic heterocycles. The molecule has 2 N–H and O–H groups in total. The summed E-state index contributed by atoms with van der Waals surface area (Å²) in [5.41, 5.74) is 0. The Morgan fingerprint density at radius 2 is 1.90 bits per heavy atom. The largest absolute Gasteiger partial charge is 0.481 e. The van der Waals surface area contributed by atoms with Crippen molar-refractivity contribution in [3.63, 3.8) is 0 Å². The molecule has 0 bridgehead atoms. The summed E-state index contributed by atoms with van der Waals surface area (Å²) >= 11 is 0. The van der Waals surface area contributed by atoms with Gasteiger partial charge in [0.2, 0.25) is 5.91 Å². The van der Waals surface area contributed by atoms with Crippen LogP contribution < -0.4 is 5.32 Å². The Balaban J connectivity index is 1.91. The summed E-state index contributed by atoms with van der Waals surface area (Å²) in [4.78, 5) is 25.4. The van der Waals surface area contributed by atoms with E-state index in [-0.39, 0.29) is 30.0 Å². The molecule has 0 radical (unpaired) electrons. The van der Waals surface area contributed by atoms with Gasteiger partial charge in [0.05, 0.1) is 24.1 Å². The highest BCUT2D eigenvalue weighted by molar-refractivity contribution is 5.79. The van der Waals surface area contributed by atoms with E-state index in [1.807, 2.05) is 7.05 Å². The molecule has 0 aromatic carbocycles. The standard InChI is InChI=1S/C15H26N2O4/c1-17(13-8-7-10(9-16-13)15(19)20)14(18)11-5-3-4-6-12(11)21-2/h10-13,16H,3-9H2,1-2H3,(H,19,20). The zero-order valence-electron chi connectivity index (χ0n) is 12.9. The highest BCUT2D eigenvalue weighted by Gasteiger charge is 2.36. The molecule has 4 unspecified atom stereocenters. The molecular weight excluding hydrogens is 272 g/mol. The van der Waals surface area contributed by atoms with Crippen molar-refractivity contribution in [2.45, 2.75) is 50.8 Å². The maximum Gasteiger partial charge on any atom is 0.307 e. The van der Waals surface area contributed by atoms with Gasteiger partial charge in [-0.15, -0.1) is 0 Å². The average molecular weight is 298 g/mol. The lowest BCUT2D eigenvalue weighted by Crippen LogP contribution is -2.54. The molecule has 1 amide bonds. The Labute approximate surface area is 125 Å². The second-order valence-corrected chi connectivity index (χ2v) is 6.15. The molecule has 6 nitrogen and oxygen atoms in total. The number of carbonyl (C=O) groups excluding carboxylic acids is 1. The van der Waals surface area contributed by atoms with Gasteiger partial charge in [-0.05, 0) is 25.7 Å². The molecule has 1 aliphatic carbocycles. The number of rotatable bonds is 4. The van der Waals surface area contributed by atoms with Gasteiger partial charge in [-0.2, -0.15) is 0 Å². The number of piperidine rings is 1. The first-order valence-corrected chi connectivity index (χ1v) is 7.80. The minimum Gasteiger partial charge on any atom is -0.481 e. The molecular formula is C15H26N2O4. The van der Waals surface area contributed by atoms with Gasteiger partial charge in [-0.25, -0.2) is 0 Å². The van der Waals surface area contributed by atoms with E-state index >= 15 is 0 Å². The number of carbonyl (C=O) groups is 2. The second kappa shape index (κ2) is 7.22. The maximum absolute atomic E-state index is 12.7. The minimum atomic E-state index is -0.762. The number of carboxylic acid groups (broad SMARTS) is 1. The molecule has 2 rings (SSSR count). The van der Waals surface area contributed by atoms with Crippen LogP contribution in [0.2, 0.25) is 0 Å². The Hall–Kier alpha value is -1.14. The number of amides is 1. The second-order valence-electron chi connectivity index (χ2n) is 6.15. The van der Waals surface area contributed by atoms with Crippen LogP contribution in [0.15, 0.2) is 0 Å². The Bertz CT molecular complexity index is 380. The third-order valence-corrected chi connectivity index (χ3v) is 4.88. The number of nitrogens with zero attached hydrogens (tertiary/aromatic N) is 1. The van der Waals surface area contributed by atoms with E-state index in [9.17, 15) is 9.59 Å². The summed E-state index contributed by atoms with van der Waals surface area (Å²) in [6.45, 7) is 0.427. The van der Waals surface area contributed by atoms with Crippen LogP contribution in [0.5, 0.6) is 0 Å². The van der Waals surface area contributed by atoms with Crippen molar-refractivity contribution in [2.24, 2.45) is 11.8 Å². The van der Waals surface area contributed by atoms with E-state index in [0.29, 0.717) is 19.4 Å². The average Bonchev–Trinajstić information content (AvgIpc) is 2.53. The lowest BCUT2D eigenvalue weighted by Gasteiger charge is -2.38. The smallest absolute Gasteiger partial charge is 0.307 e. The molecule has 0 spiro atoms. The zero-order valence-corrected chi connectivity index (χ0v) is 12.9. The van der Waals surface area contributed by atoms with Crippen molar-refractivity contribution >= 4 is 11.9 Å². The number of carboxylic acids is 1. The van der Waals surface area contributed by atoms with Crippen molar-refractivity contribution in [2.75, 3.05) is 20.7 Å². The normalized spacial score (nSPS) is 33.4. The minimum absolute atomic E-state index is 0.0176. The topological polar surface area (TPSA) is 78.9 Å². The van der Waals surface area contributed by atoms with Gasteiger partial charge in [0.1, 0.15) is 0 Å². The molecule has 2 aliphatic rings. The fourth-order valence-corrected chi connectivity index (χ4v) is 3.46. The quantitative estimate of drug-likeness (QED) is 0.811. The van der Waals surface area contributed by atoms with E-state index in [1.165, 1.54) is 0 Å². The monoisotopic (exact) mass is 298 g/mol. The van der Waals surface area contributed by atoms with E-state index in [1.54, 1.807) is 12.0 Å². The van der Waals surface area contributed by atoms with Crippen LogP contribution in [-0.2, 0) is 14.3 Å². The summed E-state index contributed by atoms with van der Waals surface area (Å²) < 4.78 is 5.47. The molecule has 21 heavy (non-hydrogen) atoms. The van der Waals surface area contributed by atoms with Crippen molar-refractivity contribution < 1.29 is 19.4 Å². The van der Waals surface area contributed by atoms with E-state index < -0.39 is 5.97 Å². The lowest BCUT2D eigenvalue weighted by molar-refractivity contribution is -0.146. The molecule has 1 aliphatic heterocycles. The first kappa shape index (κ1) is 16.2. The first-order valence-electron chi connectivity index (χ1n) is 7.80. The fourth-order valence-electron chi connectivity index (χ4n) is 3.46. The molecule has 1 heterocycles. The van der Waals surface area contributed by atoms with Crippen LogP contribution in [0.25, 0.3) is 0 Å². The summed E-state index contributed by atoms with van der Waals surface area (Å²) in [5.74, 6) is -1.05. The molecule has 0 aromatic rings. The predicted molar refractivity (Wildman–Crippen MR) is 77.7 cm³/mol. The van der Waals surface area contributed by atoms with Crippen molar-refractivity contribution in [3.8, 4) is 0 Å². The summed E-state index contributed by atoms with van der Waals surface area (Å²) in [7, 11) is 3.48. The number of aliphatic carboxylic acids is 1. The van der Waals surface area contributed by atoms with Crippen LogP contribution in [0.4, 0.5) is 0 Å². The van der Waals surface area contributed by atoms with E-state index in [0.717, 1.165) is 25.7 Å². The molecule has 2 fully saturated rings. The fraction of sp³-hybridized carbons (Fsp3) is 0.867. The highest BCUT2D eigenvalue weighted by Crippen LogP contribution is 2.29. The maximum atomic E-state index is 12.7. The van der Waals surface area contributed by atoms with Crippen LogP contribution >= 0.6 is 0 Å². The number of hydrogen-bond acceptors (Lipinski definition) is 4. The van der Waals surface area contributed by atoms with Gasteiger partial charge in [0, 0.05) is 20.7 Å². The Morgan fingerprint density at radius 1 is 1.19 bits per heavy atom. The molecule has 4 atom stereocenters. The van der Waals surface area contributed by atoms with Gasteiger partial charge in [0.25, 0.3) is 0 Å². The number of ether oxygens (including phenoxy) is 1. The van der Waals surface area contributed by atoms with Crippen LogP contribution in [0, 0.1) is 11.8 Å². The zero-order chi connectivity index (χ0) is 15.4. The number of hydrogen-bond donors (Lipinski definition) is 2. The third-order valence-electron chi connectivity index (χ3n) is 4.88. The van der Waals surface area contributed by atoms with Gasteiger partial charge in [-0.1, -0.05) is 12.8 Å². The van der Waals surface area contributed by atoms with Crippen molar-refractivity contribution in [1.82, 2.24) is 10.2 Å². The van der Waals surface area contributed by atoms with Crippen LogP contribution in [-0.4, -0.2) is 54.9 Å². The van der Waals surface area contributed by atoms with E-state index in [2.05, 4.69) is 5.32 Å². The SMILES string of the molecule is COC1CCCCC1C(=O)N(C)C1CCC(C(=O)O)CN1. The Kier molecular flexibility index (Phi) is 5.58. The van der Waals surface area contributed by atoms with Gasteiger partial charge in [0.15, 0.2) is 0 Å². The highest BCUT2D eigenvalue weighted by atomic mass is 16.5. The number of methoxy groups -OCH3 is 1. The molecule has 6 heteroatoms. The van der Waals surface area contributed by atoms with Gasteiger partial charge < -0.3 is 14.7 Å². The number of nitrogens with one attached hydrogen (secondary N) is 1. The molecule has 1 saturated heterocycles. The van der Waals surface area contributed by atoms with Gasteiger partial charge in [-0.3, -0.25) is 14.9 Å². The predicted octanol–water partition coefficient (Wildman–Crippen LogP) is 1.06. The van der Waals surface area contributed by atoms with Gasteiger partial charge >= 0.3 is 5.97 Å². The summed E-state index contributed by atoms with van der Waals surface area (Å²) in [6, 6.07) is 0. The summed E-state index contributed by atoms with van der Waals surface area (Å²) in [5, 5.41) is 12.2. The first-order chi connectivity index (χ1) is 10.0. The third kappa shape index (κ3) is 3.74. The van der Waals surface area contributed by atoms with Crippen LogP contribution in [0.1, 0.15) is 38.5 Å². The summed E-state index contributed by atoms with van der Waals surface area (Å²) in [6.07, 6.45) is 5.27. The van der Waals surface area contributed by atoms with Crippen molar-refractivity contribution in [3.05, 3.63) is 0 Å². The molecule has 1 saturated carbocycles. The molecule has 120 valence electrons. The van der Waals surface area contributed by atoms with E-state index in [4.69, 9.17) is 9.84 Å². The lowest BCUT2D eigenvalue weighted by atomic mass is 9.85. The van der Waals surface area contributed by atoms with Crippen molar-refractivity contribution in [1.29, 1.82) is 0 Å². The van der Waals surface area contributed by atoms with Crippen LogP contribution in [0.3, 0.4) is 0 Å².